The number of H-pyrrole nitrogens is 2. The monoisotopic (exact) mass is 971 g/mol. The molecule has 70 heavy (non-hydrogen) atoms. The fourth-order valence-corrected chi connectivity index (χ4v) is 8.90. The number of methoxy groups -OCH3 is 2. The third kappa shape index (κ3) is 22.6. The number of nitrogens with zero attached hydrogens (tertiary/aromatic N) is 2. The molecule has 0 saturated heterocycles. The second-order valence-electron chi connectivity index (χ2n) is 18.8. The summed E-state index contributed by atoms with van der Waals surface area (Å²) in [5.74, 6) is 1.31. The highest BCUT2D eigenvalue weighted by molar-refractivity contribution is 5.84. The minimum Gasteiger partial charge on any atom is -0.489 e. The average Bonchev–Trinajstić information content (AvgIpc) is 4.14. The number of hydrogen-bond acceptors (Lipinski definition) is 10. The number of hydrogen-bond donors (Lipinski definition) is 2. The van der Waals surface area contributed by atoms with Gasteiger partial charge in [-0.25, -0.2) is 9.97 Å². The van der Waals surface area contributed by atoms with Crippen molar-refractivity contribution < 1.29 is 37.9 Å². The summed E-state index contributed by atoms with van der Waals surface area (Å²) >= 11 is 0. The highest BCUT2D eigenvalue weighted by Gasteiger charge is 2.18. The molecule has 0 aromatic carbocycles. The Hall–Kier alpha value is -4.04. The summed E-state index contributed by atoms with van der Waals surface area (Å²) in [6.07, 6.45) is 32.4. The molecule has 2 aliphatic rings. The van der Waals surface area contributed by atoms with Gasteiger partial charge in [0.05, 0.1) is 77.5 Å². The van der Waals surface area contributed by atoms with Crippen molar-refractivity contribution in [3.05, 3.63) is 70.3 Å². The molecule has 0 fully saturated rings. The Morgan fingerprint density at radius 3 is 1.09 bits per heavy atom. The van der Waals surface area contributed by atoms with Gasteiger partial charge in [0.25, 0.3) is 0 Å². The van der Waals surface area contributed by atoms with Gasteiger partial charge in [-0.15, -0.1) is 0 Å². The Morgan fingerprint density at radius 1 is 0.371 bits per heavy atom. The summed E-state index contributed by atoms with van der Waals surface area (Å²) in [4.78, 5) is 17.9. The molecule has 3 aromatic heterocycles. The third-order valence-corrected chi connectivity index (χ3v) is 12.8. The van der Waals surface area contributed by atoms with E-state index in [-0.39, 0.29) is 0 Å². The van der Waals surface area contributed by atoms with Crippen LogP contribution in [-0.2, 0) is 50.7 Å². The van der Waals surface area contributed by atoms with Crippen LogP contribution in [0.5, 0.6) is 0 Å². The second-order valence-corrected chi connectivity index (χ2v) is 18.8. The van der Waals surface area contributed by atoms with Gasteiger partial charge in [-0.05, 0) is 73.2 Å². The molecule has 0 amide bonds. The molecule has 0 atom stereocenters. The maximum absolute atomic E-state index is 6.38. The lowest BCUT2D eigenvalue weighted by molar-refractivity contribution is 0.0158. The lowest BCUT2D eigenvalue weighted by Gasteiger charge is -2.09. The van der Waals surface area contributed by atoms with E-state index >= 15 is 0 Å². The summed E-state index contributed by atoms with van der Waals surface area (Å²) in [5, 5.41) is 0. The molecule has 8 bridgehead atoms. The predicted molar refractivity (Wildman–Crippen MR) is 287 cm³/mol. The Bertz CT molecular complexity index is 1950. The van der Waals surface area contributed by atoms with Crippen molar-refractivity contribution in [3.63, 3.8) is 0 Å². The van der Waals surface area contributed by atoms with Crippen LogP contribution in [0.15, 0.2) is 36.4 Å². The van der Waals surface area contributed by atoms with Crippen LogP contribution in [0.25, 0.3) is 45.7 Å². The molecule has 0 saturated carbocycles. The topological polar surface area (TPSA) is 131 Å². The van der Waals surface area contributed by atoms with Crippen LogP contribution in [0.1, 0.15) is 176 Å². The van der Waals surface area contributed by atoms with Gasteiger partial charge in [0, 0.05) is 48.4 Å². The minimum absolute atomic E-state index is 0.356. The van der Waals surface area contributed by atoms with Gasteiger partial charge in [-0.2, -0.15) is 0 Å². The predicted octanol–water partition coefficient (Wildman–Crippen LogP) is 13.6. The summed E-state index contributed by atoms with van der Waals surface area (Å²) in [7, 11) is 3.33. The van der Waals surface area contributed by atoms with E-state index in [1.807, 2.05) is 18.2 Å². The Labute approximate surface area is 421 Å². The van der Waals surface area contributed by atoms with Crippen LogP contribution in [-0.4, -0.2) is 113 Å². The molecule has 0 aliphatic carbocycles. The SMILES string of the molecule is CCCCCCCCCCCCc1cc2cc3nc(cc4nc(cc5cc(CCCCCCCCCCCC)c(cc1[nH]2)[nH]5)C=C4OCCOCCOCCOC)C(OCCOCCOCCOC)=C3. The highest BCUT2D eigenvalue weighted by atomic mass is 16.6. The maximum atomic E-state index is 6.38. The third-order valence-electron chi connectivity index (χ3n) is 12.8. The first-order valence-corrected chi connectivity index (χ1v) is 27.3. The molecular formula is C58H90N4O8. The van der Waals surface area contributed by atoms with Crippen LogP contribution in [0, 0.1) is 0 Å². The number of unbranched alkanes of at least 4 members (excludes halogenated alkanes) is 18. The molecular weight excluding hydrogens is 881 g/mol. The summed E-state index contributed by atoms with van der Waals surface area (Å²) in [5.41, 5.74) is 9.95. The van der Waals surface area contributed by atoms with E-state index in [0.717, 1.165) is 46.3 Å². The first-order valence-electron chi connectivity index (χ1n) is 27.3. The zero-order valence-corrected chi connectivity index (χ0v) is 43.8. The van der Waals surface area contributed by atoms with Gasteiger partial charge in [0.15, 0.2) is 0 Å². The van der Waals surface area contributed by atoms with E-state index in [4.69, 9.17) is 47.9 Å². The number of rotatable bonds is 42. The van der Waals surface area contributed by atoms with Gasteiger partial charge in [-0.3, -0.25) is 0 Å². The Morgan fingerprint density at radius 2 is 0.714 bits per heavy atom. The standard InChI is InChI=1S/C58H90N4O8/c1-5-7-9-11-13-15-17-19-21-23-25-47-39-49-41-51-43-57(69-37-35-67-33-31-65-29-27-63-3)55(61-51)46-56-58(70-38-36-68-34-32-66-30-28-64-4)44-52(62-56)42-50-40-48(54(60-50)45-53(47)59-49)26-24-22-20-18-16-14-12-10-8-6-2/h39-46,59-60H,5-38H2,1-4H3. The van der Waals surface area contributed by atoms with Crippen LogP contribution < -0.4 is 0 Å². The molecule has 12 heteroatoms. The summed E-state index contributed by atoms with van der Waals surface area (Å²) in [6, 6.07) is 13.2. The summed E-state index contributed by atoms with van der Waals surface area (Å²) < 4.78 is 45.7. The zero-order valence-electron chi connectivity index (χ0n) is 43.8. The van der Waals surface area contributed by atoms with Gasteiger partial charge in [-0.1, -0.05) is 129 Å². The van der Waals surface area contributed by atoms with Crippen LogP contribution in [0.3, 0.4) is 0 Å². The van der Waals surface area contributed by atoms with E-state index in [9.17, 15) is 0 Å². The number of aromatic nitrogens is 4. The molecule has 0 unspecified atom stereocenters. The first kappa shape index (κ1) is 56.9. The normalized spacial score (nSPS) is 12.5. The highest BCUT2D eigenvalue weighted by Crippen LogP contribution is 2.29. The first-order chi connectivity index (χ1) is 34.6. The molecule has 5 rings (SSSR count). The number of ether oxygens (including phenoxy) is 8. The van der Waals surface area contributed by atoms with Gasteiger partial charge >= 0.3 is 0 Å². The molecule has 0 radical (unpaired) electrons. The van der Waals surface area contributed by atoms with Crippen molar-refractivity contribution in [2.24, 2.45) is 0 Å². The van der Waals surface area contributed by atoms with E-state index < -0.39 is 0 Å². The number of aryl methyl sites for hydroxylation is 2. The van der Waals surface area contributed by atoms with Crippen LogP contribution >= 0.6 is 0 Å². The number of nitrogens with one attached hydrogen (secondary N) is 2. The Balaban J connectivity index is 1.41. The molecule has 0 spiro atoms. The van der Waals surface area contributed by atoms with E-state index in [0.29, 0.717) is 102 Å². The molecule has 2 aliphatic heterocycles. The van der Waals surface area contributed by atoms with Crippen molar-refractivity contribution in [2.45, 2.75) is 155 Å². The average molecular weight is 971 g/mol. The van der Waals surface area contributed by atoms with Crippen molar-refractivity contribution >= 4 is 45.7 Å². The summed E-state index contributed by atoms with van der Waals surface area (Å²) in [6.45, 7) is 10.3. The molecule has 12 nitrogen and oxygen atoms in total. The lowest BCUT2D eigenvalue weighted by atomic mass is 10.0. The number of aromatic amines is 2. The van der Waals surface area contributed by atoms with Crippen LogP contribution in [0.4, 0.5) is 0 Å². The fourth-order valence-electron chi connectivity index (χ4n) is 8.90. The number of fused-ring (bicyclic) bond motifs is 8. The van der Waals surface area contributed by atoms with Crippen molar-refractivity contribution in [1.82, 2.24) is 19.9 Å². The molecule has 3 aromatic rings. The largest absolute Gasteiger partial charge is 0.489 e. The van der Waals surface area contributed by atoms with E-state index in [2.05, 4.69) is 54.1 Å². The second kappa shape index (κ2) is 36.0. The lowest BCUT2D eigenvalue weighted by Crippen LogP contribution is -2.11. The van der Waals surface area contributed by atoms with Gasteiger partial charge in [0.1, 0.15) is 36.1 Å². The van der Waals surface area contributed by atoms with Crippen molar-refractivity contribution in [3.8, 4) is 0 Å². The smallest absolute Gasteiger partial charge is 0.147 e. The van der Waals surface area contributed by atoms with E-state index in [1.54, 1.807) is 14.2 Å². The molecule has 5 heterocycles. The van der Waals surface area contributed by atoms with Gasteiger partial charge in [0.2, 0.25) is 0 Å². The minimum atomic E-state index is 0.356. The van der Waals surface area contributed by atoms with Crippen molar-refractivity contribution in [2.75, 3.05) is 93.5 Å². The van der Waals surface area contributed by atoms with E-state index in [1.165, 1.54) is 140 Å². The maximum Gasteiger partial charge on any atom is 0.147 e. The fraction of sp³-hybridized carbons (Fsp3) is 0.655. The van der Waals surface area contributed by atoms with Crippen LogP contribution in [0.2, 0.25) is 0 Å². The quantitative estimate of drug-likeness (QED) is 0.0529. The Kier molecular flexibility index (Phi) is 29.2. The zero-order chi connectivity index (χ0) is 49.1. The molecule has 2 N–H and O–H groups in total. The van der Waals surface area contributed by atoms with Crippen molar-refractivity contribution in [1.29, 1.82) is 0 Å². The molecule has 390 valence electrons. The van der Waals surface area contributed by atoms with Gasteiger partial charge < -0.3 is 47.9 Å².